The maximum atomic E-state index is 5.24. The molecule has 2 heteroatoms. The summed E-state index contributed by atoms with van der Waals surface area (Å²) in [6.07, 6.45) is 12.0. The van der Waals surface area contributed by atoms with Gasteiger partial charge in [-0.1, -0.05) is 0 Å². The molecule has 1 aromatic heterocycles. The zero-order valence-corrected chi connectivity index (χ0v) is 9.46. The van der Waals surface area contributed by atoms with Gasteiger partial charge in [-0.15, -0.1) is 12.3 Å². The number of aryl methyl sites for hydroxylation is 1. The molecule has 15 heavy (non-hydrogen) atoms. The fourth-order valence-electron chi connectivity index (χ4n) is 1.74. The summed E-state index contributed by atoms with van der Waals surface area (Å²) in [6.45, 7) is 2.09. The molecule has 1 aromatic rings. The second-order valence-corrected chi connectivity index (χ2v) is 3.67. The zero-order chi connectivity index (χ0) is 11.1. The zero-order valence-electron chi connectivity index (χ0n) is 9.46. The Bertz CT molecular complexity index is 339. The van der Waals surface area contributed by atoms with Crippen LogP contribution in [0.1, 0.15) is 36.4 Å². The number of pyridine rings is 1. The van der Waals surface area contributed by atoms with Crippen LogP contribution in [-0.2, 0) is 0 Å². The van der Waals surface area contributed by atoms with Gasteiger partial charge in [0.05, 0.1) is 0 Å². The van der Waals surface area contributed by atoms with E-state index in [0.717, 1.165) is 19.3 Å². The molecule has 0 radical (unpaired) electrons. The summed E-state index contributed by atoms with van der Waals surface area (Å²) in [4.78, 5) is 4.10. The number of terminal acetylenes is 1. The van der Waals surface area contributed by atoms with E-state index in [9.17, 15) is 0 Å². The van der Waals surface area contributed by atoms with Crippen molar-refractivity contribution < 1.29 is 0 Å². The Morgan fingerprint density at radius 1 is 1.60 bits per heavy atom. The Morgan fingerprint density at radius 3 is 3.00 bits per heavy atom. The van der Waals surface area contributed by atoms with Crippen molar-refractivity contribution in [1.82, 2.24) is 10.3 Å². The molecule has 80 valence electrons. The van der Waals surface area contributed by atoms with Gasteiger partial charge in [0.2, 0.25) is 0 Å². The number of hydrogen-bond acceptors (Lipinski definition) is 2. The number of unbranched alkanes of at least 4 members (excludes halogenated alkanes) is 1. The molecular formula is C13H18N2. The van der Waals surface area contributed by atoms with Gasteiger partial charge in [0.15, 0.2) is 0 Å². The number of aromatic nitrogens is 1. The number of hydrogen-bond donors (Lipinski definition) is 1. The molecule has 0 amide bonds. The minimum atomic E-state index is 0.390. The summed E-state index contributed by atoms with van der Waals surface area (Å²) in [5.41, 5.74) is 2.56. The highest BCUT2D eigenvalue weighted by Crippen LogP contribution is 2.21. The summed E-state index contributed by atoms with van der Waals surface area (Å²) in [6, 6.07) is 2.47. The van der Waals surface area contributed by atoms with Gasteiger partial charge < -0.3 is 5.32 Å². The lowest BCUT2D eigenvalue weighted by atomic mass is 9.99. The third-order valence-corrected chi connectivity index (χ3v) is 2.60. The van der Waals surface area contributed by atoms with Crippen LogP contribution < -0.4 is 5.32 Å². The Kier molecular flexibility index (Phi) is 4.86. The molecule has 0 aliphatic rings. The third-order valence-electron chi connectivity index (χ3n) is 2.60. The number of nitrogens with one attached hydrogen (secondary N) is 1. The van der Waals surface area contributed by atoms with Crippen LogP contribution in [0.3, 0.4) is 0 Å². The Hall–Kier alpha value is -1.33. The predicted molar refractivity (Wildman–Crippen MR) is 63.5 cm³/mol. The van der Waals surface area contributed by atoms with Crippen LogP contribution in [-0.4, -0.2) is 12.0 Å². The van der Waals surface area contributed by atoms with E-state index in [2.05, 4.69) is 29.2 Å². The molecule has 1 N–H and O–H groups in total. The third kappa shape index (κ3) is 3.38. The summed E-state index contributed by atoms with van der Waals surface area (Å²) >= 11 is 0. The molecule has 1 rings (SSSR count). The first-order chi connectivity index (χ1) is 7.29. The highest BCUT2D eigenvalue weighted by atomic mass is 14.9. The second kappa shape index (κ2) is 6.21. The van der Waals surface area contributed by atoms with Gasteiger partial charge in [0.25, 0.3) is 0 Å². The molecule has 1 unspecified atom stereocenters. The fraction of sp³-hybridized carbons (Fsp3) is 0.462. The Balaban J connectivity index is 2.66. The molecule has 0 bridgehead atoms. The van der Waals surface area contributed by atoms with E-state index in [1.54, 1.807) is 0 Å². The van der Waals surface area contributed by atoms with Crippen molar-refractivity contribution in [2.75, 3.05) is 7.05 Å². The van der Waals surface area contributed by atoms with Crippen LogP contribution in [0.25, 0.3) is 0 Å². The van der Waals surface area contributed by atoms with Crippen molar-refractivity contribution >= 4 is 0 Å². The first-order valence-corrected chi connectivity index (χ1v) is 5.30. The maximum absolute atomic E-state index is 5.24. The quantitative estimate of drug-likeness (QED) is 0.586. The molecule has 0 saturated carbocycles. The van der Waals surface area contributed by atoms with Gasteiger partial charge in [-0.3, -0.25) is 4.98 Å². The lowest BCUT2D eigenvalue weighted by Gasteiger charge is -2.17. The lowest BCUT2D eigenvalue weighted by Crippen LogP contribution is -2.17. The van der Waals surface area contributed by atoms with Crippen molar-refractivity contribution in [3.63, 3.8) is 0 Å². The van der Waals surface area contributed by atoms with Gasteiger partial charge in [-0.25, -0.2) is 0 Å². The fourth-order valence-corrected chi connectivity index (χ4v) is 1.74. The van der Waals surface area contributed by atoms with Crippen molar-refractivity contribution in [3.05, 3.63) is 29.6 Å². The summed E-state index contributed by atoms with van der Waals surface area (Å²) < 4.78 is 0. The van der Waals surface area contributed by atoms with E-state index in [1.807, 2.05) is 19.4 Å². The molecule has 0 spiro atoms. The van der Waals surface area contributed by atoms with Crippen LogP contribution in [0.5, 0.6) is 0 Å². The van der Waals surface area contributed by atoms with Crippen molar-refractivity contribution in [2.45, 2.75) is 32.2 Å². The summed E-state index contributed by atoms with van der Waals surface area (Å²) in [5.74, 6) is 2.67. The lowest BCUT2D eigenvalue weighted by molar-refractivity contribution is 0.529. The molecule has 1 atom stereocenters. The molecule has 0 saturated heterocycles. The van der Waals surface area contributed by atoms with Gasteiger partial charge in [0, 0.05) is 24.9 Å². The molecular weight excluding hydrogens is 184 g/mol. The summed E-state index contributed by atoms with van der Waals surface area (Å²) in [7, 11) is 1.99. The standard InChI is InChI=1S/C13H18N2/c1-4-5-6-7-13(14-3)12-8-9-15-10-11(12)2/h1,8-10,13-14H,5-7H2,2-3H3. The van der Waals surface area contributed by atoms with Gasteiger partial charge in [-0.2, -0.15) is 0 Å². The number of nitrogens with zero attached hydrogens (tertiary/aromatic N) is 1. The minimum Gasteiger partial charge on any atom is -0.313 e. The van der Waals surface area contributed by atoms with Crippen molar-refractivity contribution in [1.29, 1.82) is 0 Å². The molecule has 1 heterocycles. The SMILES string of the molecule is C#CCCCC(NC)c1ccncc1C. The van der Waals surface area contributed by atoms with Crippen molar-refractivity contribution in [2.24, 2.45) is 0 Å². The molecule has 0 aliphatic heterocycles. The first-order valence-electron chi connectivity index (χ1n) is 5.30. The second-order valence-electron chi connectivity index (χ2n) is 3.67. The van der Waals surface area contributed by atoms with E-state index in [4.69, 9.17) is 6.42 Å². The van der Waals surface area contributed by atoms with Crippen LogP contribution in [0.15, 0.2) is 18.5 Å². The van der Waals surface area contributed by atoms with Gasteiger partial charge in [0.1, 0.15) is 0 Å². The normalized spacial score (nSPS) is 12.1. The van der Waals surface area contributed by atoms with Crippen molar-refractivity contribution in [3.8, 4) is 12.3 Å². The van der Waals surface area contributed by atoms with E-state index < -0.39 is 0 Å². The van der Waals surface area contributed by atoms with Gasteiger partial charge >= 0.3 is 0 Å². The van der Waals surface area contributed by atoms with E-state index in [-0.39, 0.29) is 0 Å². The molecule has 0 aliphatic carbocycles. The van der Waals surface area contributed by atoms with Crippen LogP contribution in [0, 0.1) is 19.3 Å². The average molecular weight is 202 g/mol. The predicted octanol–water partition coefficient (Wildman–Crippen LogP) is 2.45. The van der Waals surface area contributed by atoms with Crippen LogP contribution >= 0.6 is 0 Å². The van der Waals surface area contributed by atoms with Crippen LogP contribution in [0.2, 0.25) is 0 Å². The monoisotopic (exact) mass is 202 g/mol. The molecule has 0 fully saturated rings. The van der Waals surface area contributed by atoms with Crippen LogP contribution in [0.4, 0.5) is 0 Å². The molecule has 0 aromatic carbocycles. The van der Waals surface area contributed by atoms with Gasteiger partial charge in [-0.05, 0) is 44.0 Å². The maximum Gasteiger partial charge on any atom is 0.0321 e. The van der Waals surface area contributed by atoms with E-state index >= 15 is 0 Å². The smallest absolute Gasteiger partial charge is 0.0321 e. The Morgan fingerprint density at radius 2 is 2.40 bits per heavy atom. The minimum absolute atomic E-state index is 0.390. The highest BCUT2D eigenvalue weighted by molar-refractivity contribution is 5.25. The van der Waals surface area contributed by atoms with E-state index in [1.165, 1.54) is 11.1 Å². The first kappa shape index (κ1) is 11.7. The van der Waals surface area contributed by atoms with E-state index in [0.29, 0.717) is 6.04 Å². The Labute approximate surface area is 92.1 Å². The topological polar surface area (TPSA) is 24.9 Å². The molecule has 2 nitrogen and oxygen atoms in total. The largest absolute Gasteiger partial charge is 0.313 e. The summed E-state index contributed by atoms with van der Waals surface area (Å²) in [5, 5.41) is 3.32. The highest BCUT2D eigenvalue weighted by Gasteiger charge is 2.10. The average Bonchev–Trinajstić information content (AvgIpc) is 2.26. The number of rotatable bonds is 5.